The Bertz CT molecular complexity index is 921. The molecule has 2 unspecified atom stereocenters. The fourth-order valence-electron chi connectivity index (χ4n) is 5.54. The van der Waals surface area contributed by atoms with Crippen LogP contribution in [0.25, 0.3) is 0 Å². The smallest absolute Gasteiger partial charge is 0.273 e. The minimum atomic E-state index is -3.30. The summed E-state index contributed by atoms with van der Waals surface area (Å²) in [6.07, 6.45) is 6.08. The Labute approximate surface area is 183 Å². The summed E-state index contributed by atoms with van der Waals surface area (Å²) in [6, 6.07) is 1.35. The third kappa shape index (κ3) is 4.27. The van der Waals surface area contributed by atoms with Crippen LogP contribution in [0.3, 0.4) is 0 Å². The second-order valence-corrected chi connectivity index (χ2v) is 11.9. The van der Waals surface area contributed by atoms with Crippen molar-refractivity contribution in [3.05, 3.63) is 17.5 Å². The second kappa shape index (κ2) is 7.83. The van der Waals surface area contributed by atoms with E-state index in [-0.39, 0.29) is 41.4 Å². The van der Waals surface area contributed by atoms with Crippen molar-refractivity contribution in [1.82, 2.24) is 19.7 Å². The molecular weight excluding hydrogens is 420 g/mol. The van der Waals surface area contributed by atoms with Crippen molar-refractivity contribution in [3.63, 3.8) is 0 Å². The molecule has 9 nitrogen and oxygen atoms in total. The van der Waals surface area contributed by atoms with E-state index in [2.05, 4.69) is 22.4 Å². The molecule has 1 aromatic heterocycles. The number of carbonyl (C=O) groups is 1. The molecule has 4 aliphatic rings. The molecule has 2 N–H and O–H groups in total. The lowest BCUT2D eigenvalue weighted by atomic mass is 9.99. The summed E-state index contributed by atoms with van der Waals surface area (Å²) in [6.45, 7) is 1.92. The molecular formula is C21H32N4O5S. The Morgan fingerprint density at radius 1 is 1.23 bits per heavy atom. The van der Waals surface area contributed by atoms with Crippen LogP contribution in [-0.2, 0) is 15.6 Å². The third-order valence-electron chi connectivity index (χ3n) is 7.53. The zero-order valence-corrected chi connectivity index (χ0v) is 18.8. The maximum Gasteiger partial charge on any atom is 0.273 e. The second-order valence-electron chi connectivity index (χ2n) is 9.99. The van der Waals surface area contributed by atoms with Crippen LogP contribution >= 0.6 is 0 Å². The first kappa shape index (κ1) is 21.4. The maximum atomic E-state index is 13.2. The van der Waals surface area contributed by atoms with Gasteiger partial charge >= 0.3 is 0 Å². The van der Waals surface area contributed by atoms with Crippen LogP contribution in [0.4, 0.5) is 0 Å². The number of carbonyl (C=O) groups excluding carboxylic acids is 1. The highest BCUT2D eigenvalue weighted by atomic mass is 32.2. The molecule has 5 rings (SSSR count). The molecule has 31 heavy (non-hydrogen) atoms. The predicted octanol–water partition coefficient (Wildman–Crippen LogP) is 1.05. The van der Waals surface area contributed by atoms with Crippen molar-refractivity contribution >= 4 is 15.9 Å². The first-order valence-corrected chi connectivity index (χ1v) is 13.0. The number of hydrogen-bond acceptors (Lipinski definition) is 7. The van der Waals surface area contributed by atoms with Crippen molar-refractivity contribution < 1.29 is 22.8 Å². The van der Waals surface area contributed by atoms with E-state index in [0.29, 0.717) is 31.4 Å². The fraction of sp³-hybridized carbons (Fsp3) is 0.810. The predicted molar refractivity (Wildman–Crippen MR) is 113 cm³/mol. The van der Waals surface area contributed by atoms with Crippen molar-refractivity contribution in [2.24, 2.45) is 5.92 Å². The molecule has 0 spiro atoms. The maximum absolute atomic E-state index is 13.2. The van der Waals surface area contributed by atoms with Gasteiger partial charge in [0.2, 0.25) is 10.0 Å². The van der Waals surface area contributed by atoms with Gasteiger partial charge in [-0.05, 0) is 77.4 Å². The number of likely N-dealkylation sites (tertiary alicyclic amines) is 1. The van der Waals surface area contributed by atoms with Gasteiger partial charge in [-0.2, -0.15) is 4.31 Å². The minimum absolute atomic E-state index is 0.0413. The fourth-order valence-corrected chi connectivity index (χ4v) is 7.94. The third-order valence-corrected chi connectivity index (χ3v) is 9.66. The molecule has 0 aromatic carbocycles. The van der Waals surface area contributed by atoms with Crippen molar-refractivity contribution in [2.45, 2.75) is 75.1 Å². The van der Waals surface area contributed by atoms with E-state index in [1.54, 1.807) is 4.31 Å². The number of aliphatic hydroxyl groups is 1. The van der Waals surface area contributed by atoms with Crippen LogP contribution in [0, 0.1) is 5.92 Å². The van der Waals surface area contributed by atoms with Crippen LogP contribution < -0.4 is 5.32 Å². The minimum Gasteiger partial charge on any atom is -0.382 e. The van der Waals surface area contributed by atoms with Gasteiger partial charge in [0.05, 0.1) is 5.75 Å². The van der Waals surface area contributed by atoms with Gasteiger partial charge in [0.1, 0.15) is 5.60 Å². The Morgan fingerprint density at radius 3 is 2.48 bits per heavy atom. The van der Waals surface area contributed by atoms with E-state index in [1.165, 1.54) is 6.07 Å². The van der Waals surface area contributed by atoms with Gasteiger partial charge in [-0.15, -0.1) is 0 Å². The van der Waals surface area contributed by atoms with E-state index < -0.39 is 15.6 Å². The first-order valence-electron chi connectivity index (χ1n) is 11.4. The van der Waals surface area contributed by atoms with Gasteiger partial charge in [-0.25, -0.2) is 8.42 Å². The number of amides is 1. The molecule has 4 fully saturated rings. The summed E-state index contributed by atoms with van der Waals surface area (Å²) in [5.41, 5.74) is -0.794. The number of fused-ring (bicyclic) bond motifs is 2. The van der Waals surface area contributed by atoms with Gasteiger partial charge in [0.15, 0.2) is 11.5 Å². The SMILES string of the molecule is CN1CCC(CS(=O)(=O)N2C3CC[C@@H]2CC(NC(=O)c2cc(C4(O)CC4)on2)C3)CC1. The average Bonchev–Trinajstić information content (AvgIpc) is 3.15. The highest BCUT2D eigenvalue weighted by Crippen LogP contribution is 2.45. The summed E-state index contributed by atoms with van der Waals surface area (Å²) >= 11 is 0. The molecule has 1 aromatic rings. The number of nitrogens with one attached hydrogen (secondary N) is 1. The number of aromatic nitrogens is 1. The Hall–Kier alpha value is -1.49. The summed E-state index contributed by atoms with van der Waals surface area (Å²) in [4.78, 5) is 14.9. The van der Waals surface area contributed by atoms with Crippen LogP contribution in [0.15, 0.2) is 10.6 Å². The van der Waals surface area contributed by atoms with E-state index >= 15 is 0 Å². The molecule has 3 aliphatic heterocycles. The monoisotopic (exact) mass is 452 g/mol. The molecule has 1 saturated carbocycles. The largest absolute Gasteiger partial charge is 0.382 e. The van der Waals surface area contributed by atoms with Crippen LogP contribution in [0.1, 0.15) is 67.6 Å². The Morgan fingerprint density at radius 2 is 1.87 bits per heavy atom. The molecule has 172 valence electrons. The van der Waals surface area contributed by atoms with Crippen molar-refractivity contribution in [2.75, 3.05) is 25.9 Å². The molecule has 1 aliphatic carbocycles. The lowest BCUT2D eigenvalue weighted by molar-refractivity contribution is 0.0896. The summed E-state index contributed by atoms with van der Waals surface area (Å²) in [7, 11) is -1.22. The molecule has 10 heteroatoms. The van der Waals surface area contributed by atoms with Crippen LogP contribution in [0.2, 0.25) is 0 Å². The first-order chi connectivity index (χ1) is 14.7. The Balaban J connectivity index is 1.19. The number of hydrogen-bond donors (Lipinski definition) is 2. The Kier molecular flexibility index (Phi) is 5.39. The van der Waals surface area contributed by atoms with Crippen molar-refractivity contribution in [1.29, 1.82) is 0 Å². The highest BCUT2D eigenvalue weighted by Gasteiger charge is 2.48. The standard InChI is InChI=1S/C21H32N4O5S/c1-24-8-4-14(5-9-24)13-31(28,29)25-16-2-3-17(25)11-15(10-16)22-20(26)18-12-19(30-23-18)21(27)6-7-21/h12,14-17,27H,2-11,13H2,1H3,(H,22,26)/t15?,16-,17?/m1/s1. The van der Waals surface area contributed by atoms with Gasteiger partial charge < -0.3 is 19.8 Å². The summed E-state index contributed by atoms with van der Waals surface area (Å²) in [5.74, 6) is 0.495. The van der Waals surface area contributed by atoms with E-state index in [9.17, 15) is 18.3 Å². The molecule has 4 heterocycles. The number of piperidine rings is 2. The highest BCUT2D eigenvalue weighted by molar-refractivity contribution is 7.89. The van der Waals surface area contributed by atoms with Crippen molar-refractivity contribution in [3.8, 4) is 0 Å². The summed E-state index contributed by atoms with van der Waals surface area (Å²) in [5, 5.41) is 16.9. The molecule has 3 saturated heterocycles. The molecule has 1 amide bonds. The normalized spacial score (nSPS) is 31.6. The lowest BCUT2D eigenvalue weighted by Crippen LogP contribution is -2.53. The van der Waals surface area contributed by atoms with Gasteiger partial charge in [-0.3, -0.25) is 4.79 Å². The zero-order chi connectivity index (χ0) is 21.8. The number of rotatable bonds is 6. The van der Waals surface area contributed by atoms with E-state index in [0.717, 1.165) is 38.8 Å². The van der Waals surface area contributed by atoms with Gasteiger partial charge in [0, 0.05) is 24.2 Å². The number of nitrogens with zero attached hydrogens (tertiary/aromatic N) is 3. The molecule has 0 radical (unpaired) electrons. The quantitative estimate of drug-likeness (QED) is 0.663. The molecule has 3 atom stereocenters. The molecule has 2 bridgehead atoms. The lowest BCUT2D eigenvalue weighted by Gasteiger charge is -2.39. The van der Waals surface area contributed by atoms with Gasteiger partial charge in [-0.1, -0.05) is 5.16 Å². The average molecular weight is 453 g/mol. The zero-order valence-electron chi connectivity index (χ0n) is 18.0. The van der Waals surface area contributed by atoms with Crippen LogP contribution in [-0.4, -0.2) is 77.8 Å². The van der Waals surface area contributed by atoms with E-state index in [1.807, 2.05) is 0 Å². The van der Waals surface area contributed by atoms with Crippen LogP contribution in [0.5, 0.6) is 0 Å². The van der Waals surface area contributed by atoms with Gasteiger partial charge in [0.25, 0.3) is 5.91 Å². The summed E-state index contributed by atoms with van der Waals surface area (Å²) < 4.78 is 33.4. The topological polar surface area (TPSA) is 116 Å². The van der Waals surface area contributed by atoms with E-state index in [4.69, 9.17) is 4.52 Å². The number of sulfonamides is 1.